The van der Waals surface area contributed by atoms with Crippen LogP contribution >= 0.6 is 11.8 Å². The summed E-state index contributed by atoms with van der Waals surface area (Å²) in [5.41, 5.74) is 5.68. The number of ether oxygens (including phenoxy) is 1. The number of nitrogens with two attached hydrogens (primary N) is 1. The van der Waals surface area contributed by atoms with E-state index in [1.54, 1.807) is 6.92 Å². The minimum atomic E-state index is -1.09. The first-order valence-corrected chi connectivity index (χ1v) is 8.71. The van der Waals surface area contributed by atoms with Gasteiger partial charge in [0, 0.05) is 22.6 Å². The molecule has 2 fully saturated rings. The van der Waals surface area contributed by atoms with Crippen molar-refractivity contribution >= 4 is 23.6 Å². The third kappa shape index (κ3) is 2.57. The normalized spacial score (nSPS) is 37.8. The lowest BCUT2D eigenvalue weighted by Gasteiger charge is -2.46. The summed E-state index contributed by atoms with van der Waals surface area (Å²) in [4.78, 5) is 26.0. The Morgan fingerprint density at radius 3 is 2.78 bits per heavy atom. The SMILES string of the molecule is C[C@@H](O)[C@H]1C(=O)N2C(C(=O)O)=C(S[C@H]3CO[C@H](CN)C3)[C@H](C)[C@H]12. The fourth-order valence-corrected chi connectivity index (χ4v) is 5.25. The molecule has 3 rings (SSSR count). The fraction of sp³-hybridized carbons (Fsp3) is 0.733. The highest BCUT2D eigenvalue weighted by Gasteiger charge is 2.60. The van der Waals surface area contributed by atoms with Crippen molar-refractivity contribution in [2.24, 2.45) is 17.6 Å². The van der Waals surface area contributed by atoms with Crippen molar-refractivity contribution in [3.63, 3.8) is 0 Å². The minimum absolute atomic E-state index is 0.0157. The van der Waals surface area contributed by atoms with Gasteiger partial charge in [-0.05, 0) is 13.3 Å². The van der Waals surface area contributed by atoms with Gasteiger partial charge in [-0.25, -0.2) is 4.79 Å². The van der Waals surface area contributed by atoms with Crippen LogP contribution < -0.4 is 5.73 Å². The Kier molecular flexibility index (Phi) is 4.43. The smallest absolute Gasteiger partial charge is 0.353 e. The molecule has 0 aliphatic carbocycles. The van der Waals surface area contributed by atoms with E-state index in [0.29, 0.717) is 18.1 Å². The van der Waals surface area contributed by atoms with Gasteiger partial charge in [-0.3, -0.25) is 4.79 Å². The van der Waals surface area contributed by atoms with E-state index in [2.05, 4.69) is 0 Å². The molecule has 23 heavy (non-hydrogen) atoms. The van der Waals surface area contributed by atoms with Crippen LogP contribution in [0.5, 0.6) is 0 Å². The van der Waals surface area contributed by atoms with Crippen LogP contribution in [0.3, 0.4) is 0 Å². The van der Waals surface area contributed by atoms with Crippen LogP contribution in [-0.2, 0) is 14.3 Å². The molecule has 8 heteroatoms. The zero-order valence-electron chi connectivity index (χ0n) is 13.1. The summed E-state index contributed by atoms with van der Waals surface area (Å²) in [6.07, 6.45) is 0.0203. The van der Waals surface area contributed by atoms with Gasteiger partial charge in [0.15, 0.2) is 0 Å². The Morgan fingerprint density at radius 2 is 2.26 bits per heavy atom. The van der Waals surface area contributed by atoms with Gasteiger partial charge in [-0.15, -0.1) is 11.8 Å². The predicted molar refractivity (Wildman–Crippen MR) is 84.4 cm³/mol. The first-order valence-electron chi connectivity index (χ1n) is 7.83. The summed E-state index contributed by atoms with van der Waals surface area (Å²) in [6, 6.07) is -0.260. The molecule has 0 aromatic rings. The molecular weight excluding hydrogens is 320 g/mol. The van der Waals surface area contributed by atoms with E-state index < -0.39 is 18.0 Å². The van der Waals surface area contributed by atoms with Gasteiger partial charge in [0.1, 0.15) is 5.70 Å². The molecule has 6 atom stereocenters. The number of β-lactam (4-membered cyclic amide) rings is 1. The summed E-state index contributed by atoms with van der Waals surface area (Å²) >= 11 is 1.48. The first-order chi connectivity index (χ1) is 10.9. The van der Waals surface area contributed by atoms with Crippen molar-refractivity contribution in [1.29, 1.82) is 0 Å². The Hall–Kier alpha value is -1.09. The number of carbonyl (C=O) groups is 2. The number of aliphatic hydroxyl groups is 1. The summed E-state index contributed by atoms with van der Waals surface area (Å²) < 4.78 is 5.57. The Balaban J connectivity index is 1.83. The highest BCUT2D eigenvalue weighted by molar-refractivity contribution is 8.03. The second-order valence-corrected chi connectivity index (χ2v) is 7.78. The molecule has 0 bridgehead atoms. The molecule has 0 aromatic heterocycles. The Bertz CT molecular complexity index is 564. The number of nitrogens with zero attached hydrogens (tertiary/aromatic N) is 1. The molecule has 0 saturated carbocycles. The van der Waals surface area contributed by atoms with E-state index in [0.717, 1.165) is 6.42 Å². The van der Waals surface area contributed by atoms with Crippen LogP contribution in [0.2, 0.25) is 0 Å². The number of amides is 1. The number of carboxylic acids is 1. The summed E-state index contributed by atoms with van der Waals surface area (Å²) in [5, 5.41) is 19.5. The van der Waals surface area contributed by atoms with Crippen molar-refractivity contribution in [2.75, 3.05) is 13.2 Å². The van der Waals surface area contributed by atoms with Gasteiger partial charge in [0.2, 0.25) is 5.91 Å². The number of rotatable bonds is 5. The highest BCUT2D eigenvalue weighted by atomic mass is 32.2. The van der Waals surface area contributed by atoms with Gasteiger partial charge in [0.25, 0.3) is 0 Å². The average molecular weight is 342 g/mol. The molecule has 1 amide bonds. The molecule has 7 nitrogen and oxygen atoms in total. The van der Waals surface area contributed by atoms with Crippen molar-refractivity contribution in [2.45, 2.75) is 43.8 Å². The zero-order valence-corrected chi connectivity index (χ0v) is 14.0. The first kappa shape index (κ1) is 16.8. The number of hydrogen-bond acceptors (Lipinski definition) is 6. The maximum absolute atomic E-state index is 12.2. The summed E-state index contributed by atoms with van der Waals surface area (Å²) in [6.45, 7) is 4.49. The largest absolute Gasteiger partial charge is 0.477 e. The number of thioether (sulfide) groups is 1. The molecule has 128 valence electrons. The van der Waals surface area contributed by atoms with E-state index in [4.69, 9.17) is 10.5 Å². The van der Waals surface area contributed by atoms with Crippen molar-refractivity contribution < 1.29 is 24.5 Å². The third-order valence-electron chi connectivity index (χ3n) is 4.91. The molecular formula is C15H22N2O5S. The lowest BCUT2D eigenvalue weighted by Crippen LogP contribution is -2.63. The number of aliphatic hydroxyl groups excluding tert-OH is 1. The van der Waals surface area contributed by atoms with Crippen molar-refractivity contribution in [3.8, 4) is 0 Å². The van der Waals surface area contributed by atoms with Gasteiger partial charge in [-0.2, -0.15) is 0 Å². The average Bonchev–Trinajstić information content (AvgIpc) is 3.02. The van der Waals surface area contributed by atoms with Gasteiger partial charge < -0.3 is 25.6 Å². The lowest BCUT2D eigenvalue weighted by molar-refractivity contribution is -0.163. The Morgan fingerprint density at radius 1 is 1.57 bits per heavy atom. The van der Waals surface area contributed by atoms with Gasteiger partial charge in [0.05, 0.1) is 30.8 Å². The number of aliphatic carboxylic acids is 1. The quantitative estimate of drug-likeness (QED) is 0.602. The third-order valence-corrected chi connectivity index (χ3v) is 6.39. The second kappa shape index (κ2) is 6.08. The van der Waals surface area contributed by atoms with E-state index in [1.807, 2.05) is 6.92 Å². The van der Waals surface area contributed by atoms with Crippen LogP contribution in [0.15, 0.2) is 10.6 Å². The van der Waals surface area contributed by atoms with E-state index in [-0.39, 0.29) is 34.9 Å². The lowest BCUT2D eigenvalue weighted by atomic mass is 9.79. The molecule has 0 unspecified atom stereocenters. The monoisotopic (exact) mass is 342 g/mol. The zero-order chi connectivity index (χ0) is 16.9. The number of hydrogen-bond donors (Lipinski definition) is 3. The fourth-order valence-electron chi connectivity index (χ4n) is 3.78. The summed E-state index contributed by atoms with van der Waals surface area (Å²) in [5.74, 6) is -2.00. The molecule has 3 aliphatic rings. The Labute approximate surface area is 138 Å². The van der Waals surface area contributed by atoms with Crippen LogP contribution in [-0.4, -0.2) is 63.6 Å². The van der Waals surface area contributed by atoms with Gasteiger partial charge >= 0.3 is 5.97 Å². The molecule has 0 radical (unpaired) electrons. The van der Waals surface area contributed by atoms with Crippen molar-refractivity contribution in [3.05, 3.63) is 10.6 Å². The van der Waals surface area contributed by atoms with E-state index >= 15 is 0 Å². The maximum atomic E-state index is 12.2. The van der Waals surface area contributed by atoms with Crippen LogP contribution in [0.1, 0.15) is 20.3 Å². The van der Waals surface area contributed by atoms with E-state index in [1.165, 1.54) is 16.7 Å². The number of carbonyl (C=O) groups excluding carboxylic acids is 1. The molecule has 3 aliphatic heterocycles. The molecule has 0 aromatic carbocycles. The van der Waals surface area contributed by atoms with Crippen LogP contribution in [0, 0.1) is 11.8 Å². The van der Waals surface area contributed by atoms with Crippen LogP contribution in [0.25, 0.3) is 0 Å². The highest BCUT2D eigenvalue weighted by Crippen LogP contribution is 2.51. The molecule has 4 N–H and O–H groups in total. The molecule has 2 saturated heterocycles. The minimum Gasteiger partial charge on any atom is -0.477 e. The van der Waals surface area contributed by atoms with E-state index in [9.17, 15) is 19.8 Å². The topological polar surface area (TPSA) is 113 Å². The maximum Gasteiger partial charge on any atom is 0.353 e. The van der Waals surface area contributed by atoms with Crippen molar-refractivity contribution in [1.82, 2.24) is 4.90 Å². The molecule has 0 spiro atoms. The second-order valence-electron chi connectivity index (χ2n) is 6.44. The summed E-state index contributed by atoms with van der Waals surface area (Å²) in [7, 11) is 0. The standard InChI is InChI=1S/C15H22N2O5S/c1-6-11-10(7(2)18)14(19)17(11)12(15(20)21)13(6)23-9-3-8(4-16)22-5-9/h6-11,18H,3-5,16H2,1-2H3,(H,20,21)/t6-,7-,8+,9-,10-,11-/m1/s1. The number of carboxylic acid groups (broad SMARTS) is 1. The molecule has 3 heterocycles. The predicted octanol–water partition coefficient (Wildman–Crippen LogP) is -0.0105. The number of fused-ring (bicyclic) bond motifs is 1. The van der Waals surface area contributed by atoms with Crippen LogP contribution in [0.4, 0.5) is 0 Å². The van der Waals surface area contributed by atoms with Gasteiger partial charge in [-0.1, -0.05) is 6.92 Å².